The number of carbonyl (C=O) groups excluding carboxylic acids is 1. The summed E-state index contributed by atoms with van der Waals surface area (Å²) < 4.78 is 40.1. The van der Waals surface area contributed by atoms with Crippen LogP contribution in [0.15, 0.2) is 16.7 Å². The van der Waals surface area contributed by atoms with Crippen LogP contribution in [0.1, 0.15) is 37.2 Å². The number of aromatic nitrogens is 1. The Hall–Kier alpha value is -0.980. The number of nitrogens with zero attached hydrogens (tertiary/aromatic N) is 2. The van der Waals surface area contributed by atoms with Gasteiger partial charge in [0.25, 0.3) is 5.91 Å². The minimum Gasteiger partial charge on any atom is -0.343 e. The van der Waals surface area contributed by atoms with Gasteiger partial charge in [0.1, 0.15) is 12.2 Å². The summed E-state index contributed by atoms with van der Waals surface area (Å²) in [4.78, 5) is 13.2. The van der Waals surface area contributed by atoms with Crippen molar-refractivity contribution in [1.29, 1.82) is 0 Å². The molecule has 20 heavy (non-hydrogen) atoms. The van der Waals surface area contributed by atoms with Gasteiger partial charge in [0, 0.05) is 23.8 Å². The molecule has 1 amide bonds. The molecule has 0 bridgehead atoms. The predicted octanol–water partition coefficient (Wildman–Crippen LogP) is 4.08. The quantitative estimate of drug-likeness (QED) is 0.755. The van der Waals surface area contributed by atoms with E-state index in [-0.39, 0.29) is 12.2 Å². The predicted molar refractivity (Wildman–Crippen MR) is 74.7 cm³/mol. The molecule has 7 heteroatoms. The first-order valence-electron chi connectivity index (χ1n) is 6.50. The maximum Gasteiger partial charge on any atom is 0.406 e. The number of rotatable bonds is 6. The van der Waals surface area contributed by atoms with Crippen LogP contribution in [0.2, 0.25) is 0 Å². The van der Waals surface area contributed by atoms with Crippen molar-refractivity contribution in [3.8, 4) is 0 Å². The number of amides is 1. The highest BCUT2D eigenvalue weighted by Crippen LogP contribution is 2.21. The topological polar surface area (TPSA) is 25.2 Å². The summed E-state index contributed by atoms with van der Waals surface area (Å²) >= 11 is 3.24. The number of halogens is 4. The molecule has 0 N–H and O–H groups in total. The zero-order chi connectivity index (χ0) is 15.3. The Morgan fingerprint density at radius 3 is 2.55 bits per heavy atom. The molecule has 114 valence electrons. The van der Waals surface area contributed by atoms with E-state index in [0.717, 1.165) is 11.3 Å². The molecule has 0 radical (unpaired) electrons. The molecule has 1 aromatic rings. The number of hydrogen-bond acceptors (Lipinski definition) is 1. The Morgan fingerprint density at radius 1 is 1.40 bits per heavy atom. The Kier molecular flexibility index (Phi) is 6.10. The van der Waals surface area contributed by atoms with Crippen LogP contribution >= 0.6 is 15.9 Å². The second kappa shape index (κ2) is 7.15. The van der Waals surface area contributed by atoms with E-state index in [1.807, 2.05) is 13.8 Å². The number of carbonyl (C=O) groups is 1. The molecule has 0 aromatic carbocycles. The van der Waals surface area contributed by atoms with Crippen LogP contribution in [0.3, 0.4) is 0 Å². The molecular weight excluding hydrogens is 337 g/mol. The van der Waals surface area contributed by atoms with Gasteiger partial charge in [-0.15, -0.1) is 0 Å². The van der Waals surface area contributed by atoms with Crippen molar-refractivity contribution in [2.45, 2.75) is 39.4 Å². The second-order valence-corrected chi connectivity index (χ2v) is 5.44. The maximum absolute atomic E-state index is 12.6. The monoisotopic (exact) mass is 354 g/mol. The summed E-state index contributed by atoms with van der Waals surface area (Å²) in [5.41, 5.74) is 0.278. The lowest BCUT2D eigenvalue weighted by Crippen LogP contribution is -2.40. The molecule has 0 atom stereocenters. The average Bonchev–Trinajstić information content (AvgIpc) is 2.73. The molecular formula is C13H18BrF3N2O. The number of hydrogen-bond donors (Lipinski definition) is 0. The third kappa shape index (κ3) is 4.85. The van der Waals surface area contributed by atoms with Crippen molar-refractivity contribution in [1.82, 2.24) is 9.47 Å². The van der Waals surface area contributed by atoms with E-state index in [1.165, 1.54) is 0 Å². The van der Waals surface area contributed by atoms with Gasteiger partial charge in [-0.1, -0.05) is 13.3 Å². The first-order valence-corrected chi connectivity index (χ1v) is 7.29. The highest BCUT2D eigenvalue weighted by molar-refractivity contribution is 9.10. The normalized spacial score (nSPS) is 11.7. The summed E-state index contributed by atoms with van der Waals surface area (Å²) in [6.07, 6.45) is -1.40. The molecule has 0 aliphatic carbocycles. The summed E-state index contributed by atoms with van der Waals surface area (Å²) in [5.74, 6) is -0.580. The molecule has 0 saturated heterocycles. The average molecular weight is 355 g/mol. The fourth-order valence-corrected chi connectivity index (χ4v) is 2.36. The smallest absolute Gasteiger partial charge is 0.343 e. The van der Waals surface area contributed by atoms with Gasteiger partial charge in [-0.25, -0.2) is 0 Å². The fraction of sp³-hybridized carbons (Fsp3) is 0.615. The highest BCUT2D eigenvalue weighted by Gasteiger charge is 2.33. The van der Waals surface area contributed by atoms with Gasteiger partial charge in [-0.2, -0.15) is 13.2 Å². The van der Waals surface area contributed by atoms with Gasteiger partial charge in [0.15, 0.2) is 0 Å². The minimum atomic E-state index is -4.38. The molecule has 0 aliphatic heterocycles. The van der Waals surface area contributed by atoms with Crippen LogP contribution < -0.4 is 0 Å². The molecule has 0 fully saturated rings. The third-order valence-corrected chi connectivity index (χ3v) is 3.30. The largest absolute Gasteiger partial charge is 0.406 e. The van der Waals surface area contributed by atoms with Crippen LogP contribution in [0.4, 0.5) is 13.2 Å². The van der Waals surface area contributed by atoms with Crippen LogP contribution in [0, 0.1) is 0 Å². The van der Waals surface area contributed by atoms with E-state index < -0.39 is 18.6 Å². The van der Waals surface area contributed by atoms with E-state index in [9.17, 15) is 18.0 Å². The van der Waals surface area contributed by atoms with Gasteiger partial charge < -0.3 is 9.47 Å². The van der Waals surface area contributed by atoms with Crippen molar-refractivity contribution in [2.24, 2.45) is 0 Å². The Balaban J connectivity index is 2.96. The highest BCUT2D eigenvalue weighted by atomic mass is 79.9. The van der Waals surface area contributed by atoms with E-state index in [2.05, 4.69) is 15.9 Å². The van der Waals surface area contributed by atoms with Crippen LogP contribution in [0.5, 0.6) is 0 Å². The van der Waals surface area contributed by atoms with Crippen LogP contribution in [0.25, 0.3) is 0 Å². The summed E-state index contributed by atoms with van der Waals surface area (Å²) in [7, 11) is 0. The summed E-state index contributed by atoms with van der Waals surface area (Å²) in [5, 5.41) is 0. The zero-order valence-electron chi connectivity index (χ0n) is 11.5. The first-order chi connectivity index (χ1) is 9.28. The molecule has 3 nitrogen and oxygen atoms in total. The lowest BCUT2D eigenvalue weighted by atomic mass is 10.2. The summed E-state index contributed by atoms with van der Waals surface area (Å²) in [6.45, 7) is 3.14. The Morgan fingerprint density at radius 2 is 2.05 bits per heavy atom. The van der Waals surface area contributed by atoms with Gasteiger partial charge in [-0.3, -0.25) is 4.79 Å². The zero-order valence-corrected chi connectivity index (χ0v) is 13.1. The molecule has 0 unspecified atom stereocenters. The van der Waals surface area contributed by atoms with Crippen molar-refractivity contribution >= 4 is 21.8 Å². The molecule has 1 aromatic heterocycles. The number of unbranched alkanes of at least 4 members (excludes halogenated alkanes) is 1. The summed E-state index contributed by atoms with van der Waals surface area (Å²) in [6, 6.07) is 1.56. The maximum atomic E-state index is 12.6. The van der Waals surface area contributed by atoms with E-state index in [1.54, 1.807) is 16.8 Å². The lowest BCUT2D eigenvalue weighted by Gasteiger charge is -2.24. The minimum absolute atomic E-state index is 0.112. The third-order valence-electron chi connectivity index (χ3n) is 2.86. The van der Waals surface area contributed by atoms with Gasteiger partial charge in [0.05, 0.1) is 0 Å². The van der Waals surface area contributed by atoms with E-state index in [0.29, 0.717) is 17.4 Å². The molecule has 0 saturated carbocycles. The molecule has 0 aliphatic rings. The molecule has 0 spiro atoms. The van der Waals surface area contributed by atoms with Gasteiger partial charge in [0.2, 0.25) is 0 Å². The SMILES string of the molecule is CCCCN(CC(F)(F)F)C(=O)c1cc(Br)cn1CC. The van der Waals surface area contributed by atoms with Crippen molar-refractivity contribution < 1.29 is 18.0 Å². The van der Waals surface area contributed by atoms with Crippen molar-refractivity contribution in [3.05, 3.63) is 22.4 Å². The standard InChI is InChI=1S/C13H18BrF3N2O/c1-3-5-6-19(9-13(15,16)17)12(20)11-7-10(14)8-18(11)4-2/h7-8H,3-6,9H2,1-2H3. The Bertz CT molecular complexity index is 457. The van der Waals surface area contributed by atoms with E-state index in [4.69, 9.17) is 0 Å². The molecule has 1 rings (SSSR count). The van der Waals surface area contributed by atoms with E-state index >= 15 is 0 Å². The van der Waals surface area contributed by atoms with Crippen LogP contribution in [-0.4, -0.2) is 34.6 Å². The Labute approximate surface area is 124 Å². The molecule has 1 heterocycles. The van der Waals surface area contributed by atoms with Gasteiger partial charge >= 0.3 is 6.18 Å². The van der Waals surface area contributed by atoms with Crippen LogP contribution in [-0.2, 0) is 6.54 Å². The second-order valence-electron chi connectivity index (χ2n) is 4.53. The van der Waals surface area contributed by atoms with Crippen molar-refractivity contribution in [2.75, 3.05) is 13.1 Å². The fourth-order valence-electron chi connectivity index (χ4n) is 1.90. The number of aryl methyl sites for hydroxylation is 1. The van der Waals surface area contributed by atoms with Crippen molar-refractivity contribution in [3.63, 3.8) is 0 Å². The number of alkyl halides is 3. The first kappa shape index (κ1) is 17.1. The van der Waals surface area contributed by atoms with Gasteiger partial charge in [-0.05, 0) is 35.3 Å². The lowest BCUT2D eigenvalue weighted by molar-refractivity contribution is -0.140.